The summed E-state index contributed by atoms with van der Waals surface area (Å²) in [6, 6.07) is 16.4. The van der Waals surface area contributed by atoms with Crippen LogP contribution in [0.4, 0.5) is 4.39 Å². The van der Waals surface area contributed by atoms with Gasteiger partial charge in [-0.15, -0.1) is 0 Å². The highest BCUT2D eigenvalue weighted by molar-refractivity contribution is 5.99. The van der Waals surface area contributed by atoms with E-state index in [9.17, 15) is 4.39 Å². The average Bonchev–Trinajstić information content (AvgIpc) is 3.51. The minimum absolute atomic E-state index is 0.295. The molecule has 0 saturated carbocycles. The van der Waals surface area contributed by atoms with E-state index in [4.69, 9.17) is 4.98 Å². The summed E-state index contributed by atoms with van der Waals surface area (Å²) >= 11 is 0. The minimum atomic E-state index is -0.295. The number of benzene rings is 1. The number of rotatable bonds is 6. The van der Waals surface area contributed by atoms with Crippen molar-refractivity contribution in [3.63, 3.8) is 0 Å². The zero-order chi connectivity index (χ0) is 23.8. The molecule has 1 aromatic carbocycles. The number of nitrogens with zero attached hydrogens (tertiary/aromatic N) is 4. The maximum absolute atomic E-state index is 13.9. The van der Waals surface area contributed by atoms with Crippen molar-refractivity contribution in [3.05, 3.63) is 84.6 Å². The van der Waals surface area contributed by atoms with E-state index in [1.807, 2.05) is 42.7 Å². The molecule has 0 fully saturated rings. The molecule has 6 rings (SSSR count). The van der Waals surface area contributed by atoms with E-state index in [1.54, 1.807) is 12.3 Å². The smallest absolute Gasteiger partial charge is 0.135 e. The summed E-state index contributed by atoms with van der Waals surface area (Å²) in [4.78, 5) is 17.3. The van der Waals surface area contributed by atoms with Crippen molar-refractivity contribution in [2.45, 2.75) is 13.5 Å². The van der Waals surface area contributed by atoms with Crippen LogP contribution < -0.4 is 5.32 Å². The molecule has 0 saturated heterocycles. The molecule has 8 heteroatoms. The van der Waals surface area contributed by atoms with Gasteiger partial charge in [0.15, 0.2) is 0 Å². The second-order valence-corrected chi connectivity index (χ2v) is 8.34. The van der Waals surface area contributed by atoms with Crippen molar-refractivity contribution in [1.82, 2.24) is 35.5 Å². The van der Waals surface area contributed by atoms with Gasteiger partial charge in [0.2, 0.25) is 0 Å². The van der Waals surface area contributed by atoms with Crippen LogP contribution in [0.25, 0.3) is 55.8 Å². The van der Waals surface area contributed by atoms with Crippen molar-refractivity contribution in [3.8, 4) is 33.9 Å². The van der Waals surface area contributed by atoms with Crippen LogP contribution >= 0.6 is 0 Å². The molecule has 0 radical (unpaired) electrons. The number of H-pyrrole nitrogens is 2. The van der Waals surface area contributed by atoms with Gasteiger partial charge in [-0.25, -0.2) is 9.37 Å². The normalized spacial score (nSPS) is 11.5. The summed E-state index contributed by atoms with van der Waals surface area (Å²) in [5, 5.41) is 11.8. The number of aromatic amines is 2. The van der Waals surface area contributed by atoms with Gasteiger partial charge in [-0.05, 0) is 54.6 Å². The van der Waals surface area contributed by atoms with E-state index in [1.165, 1.54) is 12.1 Å². The van der Waals surface area contributed by atoms with Crippen LogP contribution in [0.2, 0.25) is 0 Å². The summed E-state index contributed by atoms with van der Waals surface area (Å²) in [6.07, 6.45) is 5.40. The van der Waals surface area contributed by atoms with Gasteiger partial charge in [-0.3, -0.25) is 15.1 Å². The Balaban J connectivity index is 1.44. The van der Waals surface area contributed by atoms with Crippen molar-refractivity contribution < 1.29 is 4.39 Å². The van der Waals surface area contributed by atoms with E-state index in [0.717, 1.165) is 63.1 Å². The molecular weight excluding hydrogens is 441 g/mol. The van der Waals surface area contributed by atoms with Gasteiger partial charge >= 0.3 is 0 Å². The highest BCUT2D eigenvalue weighted by Crippen LogP contribution is 2.33. The van der Waals surface area contributed by atoms with Crippen LogP contribution in [0.1, 0.15) is 12.5 Å². The van der Waals surface area contributed by atoms with Crippen molar-refractivity contribution in [2.75, 3.05) is 6.54 Å². The molecule has 3 N–H and O–H groups in total. The first-order chi connectivity index (χ1) is 17.2. The van der Waals surface area contributed by atoms with Crippen LogP contribution in [-0.4, -0.2) is 36.7 Å². The van der Waals surface area contributed by atoms with Crippen LogP contribution in [0.15, 0.2) is 73.2 Å². The Labute approximate surface area is 200 Å². The maximum Gasteiger partial charge on any atom is 0.135 e. The van der Waals surface area contributed by atoms with Crippen LogP contribution in [0, 0.1) is 5.82 Å². The van der Waals surface area contributed by atoms with Gasteiger partial charge in [-0.2, -0.15) is 5.10 Å². The Morgan fingerprint density at radius 2 is 1.89 bits per heavy atom. The summed E-state index contributed by atoms with van der Waals surface area (Å²) in [5.74, 6) is -0.295. The SMILES string of the molecule is CCNCc1cncc(-c2ccc3[nH]nc(-c4cc5c(-c6cccc(F)c6)nccc5[nH]4)c3n2)c1. The lowest BCUT2D eigenvalue weighted by molar-refractivity contribution is 0.628. The molecule has 172 valence electrons. The van der Waals surface area contributed by atoms with E-state index in [2.05, 4.69) is 43.5 Å². The molecule has 0 atom stereocenters. The van der Waals surface area contributed by atoms with Gasteiger partial charge in [0.25, 0.3) is 0 Å². The van der Waals surface area contributed by atoms with Gasteiger partial charge in [0.1, 0.15) is 17.0 Å². The van der Waals surface area contributed by atoms with Crippen LogP contribution in [0.3, 0.4) is 0 Å². The molecule has 35 heavy (non-hydrogen) atoms. The molecule has 0 unspecified atom stereocenters. The third-order valence-corrected chi connectivity index (χ3v) is 5.98. The lowest BCUT2D eigenvalue weighted by Gasteiger charge is -2.05. The number of fused-ring (bicyclic) bond motifs is 2. The van der Waals surface area contributed by atoms with E-state index >= 15 is 0 Å². The molecule has 0 aliphatic heterocycles. The second kappa shape index (κ2) is 8.73. The van der Waals surface area contributed by atoms with Gasteiger partial charge in [-0.1, -0.05) is 19.1 Å². The topological polar surface area (TPSA) is 95.2 Å². The zero-order valence-electron chi connectivity index (χ0n) is 19.0. The third-order valence-electron chi connectivity index (χ3n) is 5.98. The van der Waals surface area contributed by atoms with Gasteiger partial charge in [0, 0.05) is 47.2 Å². The first-order valence-corrected chi connectivity index (χ1v) is 11.4. The molecule has 0 bridgehead atoms. The van der Waals surface area contributed by atoms with Crippen molar-refractivity contribution in [2.24, 2.45) is 0 Å². The lowest BCUT2D eigenvalue weighted by atomic mass is 10.1. The molecular formula is C27H22FN7. The predicted octanol–water partition coefficient (Wildman–Crippen LogP) is 5.48. The number of hydrogen-bond donors (Lipinski definition) is 3. The lowest BCUT2D eigenvalue weighted by Crippen LogP contribution is -2.11. The Morgan fingerprint density at radius 1 is 0.943 bits per heavy atom. The highest BCUT2D eigenvalue weighted by Gasteiger charge is 2.16. The molecule has 0 spiro atoms. The fourth-order valence-electron chi connectivity index (χ4n) is 4.29. The monoisotopic (exact) mass is 463 g/mol. The van der Waals surface area contributed by atoms with Crippen molar-refractivity contribution in [1.29, 1.82) is 0 Å². The second-order valence-electron chi connectivity index (χ2n) is 8.34. The Kier molecular flexibility index (Phi) is 5.27. The number of nitrogens with one attached hydrogen (secondary N) is 3. The van der Waals surface area contributed by atoms with Crippen molar-refractivity contribution >= 4 is 21.9 Å². The first-order valence-electron chi connectivity index (χ1n) is 11.4. The van der Waals surface area contributed by atoms with E-state index < -0.39 is 0 Å². The molecule has 6 aromatic rings. The van der Waals surface area contributed by atoms with E-state index in [0.29, 0.717) is 11.4 Å². The maximum atomic E-state index is 13.9. The molecule has 5 heterocycles. The van der Waals surface area contributed by atoms with Crippen LogP contribution in [0.5, 0.6) is 0 Å². The average molecular weight is 464 g/mol. The number of pyridine rings is 3. The Morgan fingerprint density at radius 3 is 2.77 bits per heavy atom. The van der Waals surface area contributed by atoms with Gasteiger partial charge < -0.3 is 10.3 Å². The molecule has 0 aliphatic rings. The number of aromatic nitrogens is 6. The summed E-state index contributed by atoms with van der Waals surface area (Å²) in [5.41, 5.74) is 8.30. The Bertz CT molecular complexity index is 1670. The zero-order valence-corrected chi connectivity index (χ0v) is 19.0. The summed E-state index contributed by atoms with van der Waals surface area (Å²) in [7, 11) is 0. The fourth-order valence-corrected chi connectivity index (χ4v) is 4.29. The first kappa shape index (κ1) is 21.1. The highest BCUT2D eigenvalue weighted by atomic mass is 19.1. The summed E-state index contributed by atoms with van der Waals surface area (Å²) in [6.45, 7) is 3.73. The predicted molar refractivity (Wildman–Crippen MR) is 135 cm³/mol. The van der Waals surface area contributed by atoms with Gasteiger partial charge in [0.05, 0.1) is 22.6 Å². The van der Waals surface area contributed by atoms with E-state index in [-0.39, 0.29) is 5.82 Å². The minimum Gasteiger partial charge on any atom is -0.353 e. The summed E-state index contributed by atoms with van der Waals surface area (Å²) < 4.78 is 13.9. The standard InChI is InChI=1S/C27H22FN7/c1-2-29-13-16-10-18(15-30-14-16)21-6-7-23-26(33-21)27(35-34-23)24-12-20-22(32-24)8-9-31-25(20)17-4-3-5-19(28)11-17/h3-12,14-15,29,32H,2,13H2,1H3,(H,34,35). The quantitative estimate of drug-likeness (QED) is 0.304. The molecule has 7 nitrogen and oxygen atoms in total. The fraction of sp³-hybridized carbons (Fsp3) is 0.111. The molecule has 0 aliphatic carbocycles. The molecule has 0 amide bonds. The Hall–Kier alpha value is -4.43. The molecule has 5 aromatic heterocycles. The largest absolute Gasteiger partial charge is 0.353 e. The third kappa shape index (κ3) is 3.94. The number of halogens is 1. The number of hydrogen-bond acceptors (Lipinski definition) is 5. The van der Waals surface area contributed by atoms with Crippen LogP contribution in [-0.2, 0) is 6.54 Å².